The van der Waals surface area contributed by atoms with Crippen molar-refractivity contribution in [2.75, 3.05) is 19.6 Å². The molecule has 1 aromatic rings. The third-order valence-corrected chi connectivity index (χ3v) is 6.24. The number of alkyl halides is 3. The second-order valence-corrected chi connectivity index (χ2v) is 9.92. The Morgan fingerprint density at radius 3 is 2.38 bits per heavy atom. The van der Waals surface area contributed by atoms with Crippen LogP contribution in [-0.4, -0.2) is 53.0 Å². The van der Waals surface area contributed by atoms with E-state index in [0.29, 0.717) is 24.2 Å². The van der Waals surface area contributed by atoms with Gasteiger partial charge in [0.05, 0.1) is 17.5 Å². The number of nitrogens with one attached hydrogen (secondary N) is 1. The number of allylic oxidation sites excluding steroid dienone is 1. The summed E-state index contributed by atoms with van der Waals surface area (Å²) >= 11 is 0. The predicted octanol–water partition coefficient (Wildman–Crippen LogP) is 3.44. The number of benzene rings is 1. The van der Waals surface area contributed by atoms with Crippen LogP contribution in [0.5, 0.6) is 0 Å². The topological polar surface area (TPSA) is 78.7 Å². The lowest BCUT2D eigenvalue weighted by Crippen LogP contribution is -2.59. The van der Waals surface area contributed by atoms with Crippen molar-refractivity contribution < 1.29 is 22.8 Å². The highest BCUT2D eigenvalue weighted by atomic mass is 19.4. The molecule has 2 aliphatic heterocycles. The fraction of sp³-hybridized carbons (Fsp3) is 0.565. The van der Waals surface area contributed by atoms with Crippen molar-refractivity contribution in [3.63, 3.8) is 0 Å². The average molecular weight is 451 g/mol. The molecule has 2 atom stereocenters. The number of urea groups is 1. The Morgan fingerprint density at radius 1 is 1.12 bits per heavy atom. The van der Waals surface area contributed by atoms with Gasteiger partial charge < -0.3 is 20.9 Å². The lowest BCUT2D eigenvalue weighted by molar-refractivity contribution is -0.137. The molecule has 2 fully saturated rings. The monoisotopic (exact) mass is 450 g/mol. The predicted molar refractivity (Wildman–Crippen MR) is 114 cm³/mol. The Bertz CT molecular complexity index is 963. The van der Waals surface area contributed by atoms with Crippen molar-refractivity contribution in [3.05, 3.63) is 41.1 Å². The molecule has 4 rings (SSSR count). The quantitative estimate of drug-likeness (QED) is 0.741. The Morgan fingerprint density at radius 2 is 1.81 bits per heavy atom. The van der Waals surface area contributed by atoms with Crippen LogP contribution in [0.1, 0.15) is 44.7 Å². The summed E-state index contributed by atoms with van der Waals surface area (Å²) in [5, 5.41) is 2.94. The summed E-state index contributed by atoms with van der Waals surface area (Å²) in [6.07, 6.45) is -2.62. The van der Waals surface area contributed by atoms with Crippen LogP contribution in [0.25, 0.3) is 5.57 Å². The number of hydrogen-bond acceptors (Lipinski definition) is 3. The van der Waals surface area contributed by atoms with E-state index in [0.717, 1.165) is 30.7 Å². The first-order valence-corrected chi connectivity index (χ1v) is 10.9. The number of carbonyl (C=O) groups is 2. The minimum atomic E-state index is -4.48. The zero-order valence-corrected chi connectivity index (χ0v) is 18.5. The molecule has 2 unspecified atom stereocenters. The summed E-state index contributed by atoms with van der Waals surface area (Å²) in [4.78, 5) is 29.2. The van der Waals surface area contributed by atoms with E-state index < -0.39 is 29.1 Å². The van der Waals surface area contributed by atoms with Gasteiger partial charge in [0.25, 0.3) is 0 Å². The molecule has 0 aromatic heterocycles. The van der Waals surface area contributed by atoms with E-state index in [1.165, 1.54) is 6.07 Å². The lowest BCUT2D eigenvalue weighted by Gasteiger charge is -2.42. The van der Waals surface area contributed by atoms with E-state index in [1.807, 2.05) is 20.8 Å². The Hall–Kier alpha value is -2.71. The van der Waals surface area contributed by atoms with Crippen molar-refractivity contribution in [3.8, 4) is 0 Å². The smallest absolute Gasteiger partial charge is 0.369 e. The fourth-order valence-electron chi connectivity index (χ4n) is 4.82. The Balaban J connectivity index is 1.72. The van der Waals surface area contributed by atoms with Gasteiger partial charge >= 0.3 is 12.2 Å². The molecule has 3 amide bonds. The van der Waals surface area contributed by atoms with E-state index in [-0.39, 0.29) is 24.5 Å². The number of nitrogens with two attached hydrogens (primary N) is 1. The van der Waals surface area contributed by atoms with E-state index in [4.69, 9.17) is 5.73 Å². The molecule has 2 heterocycles. The number of rotatable bonds is 3. The molecular weight excluding hydrogens is 421 g/mol. The summed E-state index contributed by atoms with van der Waals surface area (Å²) in [7, 11) is 0. The first-order chi connectivity index (χ1) is 14.9. The molecule has 0 bridgehead atoms. The largest absolute Gasteiger partial charge is 0.416 e. The second kappa shape index (κ2) is 7.71. The SMILES string of the molecule is CC(C)(C)NC(=O)N1CCN2C(C3CC3)=C(c3cccc(C(F)(F)F)c3)C(C(N)=O)C2C1. The van der Waals surface area contributed by atoms with Gasteiger partial charge in [-0.25, -0.2) is 4.79 Å². The normalized spacial score (nSPS) is 23.9. The number of nitrogens with zero attached hydrogens (tertiary/aromatic N) is 2. The molecule has 1 saturated carbocycles. The molecule has 32 heavy (non-hydrogen) atoms. The zero-order valence-electron chi connectivity index (χ0n) is 18.5. The summed E-state index contributed by atoms with van der Waals surface area (Å²) in [5.41, 5.74) is 6.56. The van der Waals surface area contributed by atoms with Gasteiger partial charge in [-0.15, -0.1) is 0 Å². The zero-order chi connectivity index (χ0) is 23.4. The van der Waals surface area contributed by atoms with Crippen LogP contribution < -0.4 is 11.1 Å². The summed E-state index contributed by atoms with van der Waals surface area (Å²) in [6.45, 7) is 6.94. The average Bonchev–Trinajstić information content (AvgIpc) is 3.45. The van der Waals surface area contributed by atoms with Gasteiger partial charge in [-0.3, -0.25) is 4.79 Å². The van der Waals surface area contributed by atoms with Gasteiger partial charge in [0.1, 0.15) is 0 Å². The molecule has 9 heteroatoms. The number of piperazine rings is 1. The molecule has 1 aliphatic carbocycles. The fourth-order valence-corrected chi connectivity index (χ4v) is 4.82. The standard InChI is InChI=1S/C23H29F3N4O2/c1-22(2,3)28-21(32)29-9-10-30-16(12-29)18(20(27)31)17(19(30)13-7-8-13)14-5-4-6-15(11-14)23(24,25)26/h4-6,11,13,16,18H,7-10,12H2,1-3H3,(H2,27,31)(H,28,32). The number of primary amides is 1. The van der Waals surface area contributed by atoms with Gasteiger partial charge in [-0.05, 0) is 62.8 Å². The van der Waals surface area contributed by atoms with Gasteiger partial charge in [-0.2, -0.15) is 13.2 Å². The van der Waals surface area contributed by atoms with Crippen LogP contribution in [-0.2, 0) is 11.0 Å². The highest BCUT2D eigenvalue weighted by molar-refractivity contribution is 5.94. The molecule has 3 aliphatic rings. The van der Waals surface area contributed by atoms with Crippen molar-refractivity contribution in [1.29, 1.82) is 0 Å². The molecule has 3 N–H and O–H groups in total. The van der Waals surface area contributed by atoms with Crippen LogP contribution in [0.2, 0.25) is 0 Å². The molecule has 0 spiro atoms. The van der Waals surface area contributed by atoms with Crippen LogP contribution in [0.3, 0.4) is 0 Å². The van der Waals surface area contributed by atoms with E-state index in [2.05, 4.69) is 10.2 Å². The van der Waals surface area contributed by atoms with Gasteiger partial charge in [0.2, 0.25) is 5.91 Å². The first-order valence-electron chi connectivity index (χ1n) is 10.9. The summed E-state index contributed by atoms with van der Waals surface area (Å²) in [5.74, 6) is -1.15. The van der Waals surface area contributed by atoms with E-state index >= 15 is 0 Å². The van der Waals surface area contributed by atoms with Crippen LogP contribution in [0.4, 0.5) is 18.0 Å². The summed E-state index contributed by atoms with van der Waals surface area (Å²) in [6, 6.07) is 4.52. The van der Waals surface area contributed by atoms with Crippen LogP contribution in [0, 0.1) is 11.8 Å². The van der Waals surface area contributed by atoms with E-state index in [1.54, 1.807) is 11.0 Å². The maximum absolute atomic E-state index is 13.4. The van der Waals surface area contributed by atoms with Crippen molar-refractivity contribution in [1.82, 2.24) is 15.1 Å². The maximum atomic E-state index is 13.4. The van der Waals surface area contributed by atoms with Crippen molar-refractivity contribution in [2.45, 2.75) is 51.4 Å². The Labute approximate surface area is 185 Å². The molecule has 1 aromatic carbocycles. The minimum Gasteiger partial charge on any atom is -0.369 e. The van der Waals surface area contributed by atoms with Gasteiger partial charge in [-0.1, -0.05) is 12.1 Å². The second-order valence-electron chi connectivity index (χ2n) is 9.92. The van der Waals surface area contributed by atoms with Gasteiger partial charge in [0, 0.05) is 30.9 Å². The molecule has 6 nitrogen and oxygen atoms in total. The summed E-state index contributed by atoms with van der Waals surface area (Å²) < 4.78 is 40.1. The number of halogens is 3. The number of amides is 3. The minimum absolute atomic E-state index is 0.210. The Kier molecular flexibility index (Phi) is 5.41. The van der Waals surface area contributed by atoms with Crippen LogP contribution >= 0.6 is 0 Å². The molecule has 0 radical (unpaired) electrons. The first kappa shape index (κ1) is 22.5. The lowest BCUT2D eigenvalue weighted by atomic mass is 9.86. The number of fused-ring (bicyclic) bond motifs is 1. The van der Waals surface area contributed by atoms with Crippen LogP contribution in [0.15, 0.2) is 30.0 Å². The number of hydrogen-bond donors (Lipinski definition) is 2. The third kappa shape index (κ3) is 4.29. The number of carbonyl (C=O) groups excluding carboxylic acids is 2. The maximum Gasteiger partial charge on any atom is 0.416 e. The molecule has 1 saturated heterocycles. The highest BCUT2D eigenvalue weighted by Gasteiger charge is 2.51. The van der Waals surface area contributed by atoms with Crippen molar-refractivity contribution >= 4 is 17.5 Å². The molecule has 174 valence electrons. The molecular formula is C23H29F3N4O2. The van der Waals surface area contributed by atoms with Gasteiger partial charge in [0.15, 0.2) is 0 Å². The van der Waals surface area contributed by atoms with Crippen molar-refractivity contribution in [2.24, 2.45) is 17.6 Å². The third-order valence-electron chi connectivity index (χ3n) is 6.24. The highest BCUT2D eigenvalue weighted by Crippen LogP contribution is 2.51. The van der Waals surface area contributed by atoms with E-state index in [9.17, 15) is 22.8 Å².